The number of aromatic nitrogens is 2. The van der Waals surface area contributed by atoms with Crippen LogP contribution in [-0.2, 0) is 7.05 Å². The highest BCUT2D eigenvalue weighted by atomic mass is 35.5. The van der Waals surface area contributed by atoms with Crippen molar-refractivity contribution in [2.75, 3.05) is 19.6 Å². The average molecular weight is 376 g/mol. The Labute approximate surface area is 151 Å². The molecule has 0 radical (unpaired) electrons. The third kappa shape index (κ3) is 3.80. The fourth-order valence-electron chi connectivity index (χ4n) is 2.72. The Balaban J connectivity index is 0.00000192. The lowest BCUT2D eigenvalue weighted by Gasteiger charge is -2.35. The molecule has 1 fully saturated rings. The number of imidazole rings is 1. The fraction of sp³-hybridized carbons (Fsp3) is 0.333. The minimum atomic E-state index is -0.112. The van der Waals surface area contributed by atoms with Gasteiger partial charge in [-0.15, -0.1) is 12.4 Å². The summed E-state index contributed by atoms with van der Waals surface area (Å²) in [5.41, 5.74) is 0.499. The van der Waals surface area contributed by atoms with Crippen molar-refractivity contribution < 1.29 is 4.79 Å². The van der Waals surface area contributed by atoms with Crippen molar-refractivity contribution in [2.24, 2.45) is 7.05 Å². The SMILES string of the molecule is Cl.Cn1ccnc1C1CNCCN1C(=O)c1cc(Cl)cc(Cl)c1. The summed E-state index contributed by atoms with van der Waals surface area (Å²) in [6.45, 7) is 2.03. The second-order valence-corrected chi connectivity index (χ2v) is 6.15. The molecule has 0 bridgehead atoms. The number of hydrogen-bond donors (Lipinski definition) is 1. The van der Waals surface area contributed by atoms with E-state index in [0.717, 1.165) is 12.4 Å². The molecule has 1 atom stereocenters. The second kappa shape index (κ2) is 7.53. The Morgan fingerprint density at radius 3 is 2.61 bits per heavy atom. The van der Waals surface area contributed by atoms with Gasteiger partial charge in [0.15, 0.2) is 0 Å². The van der Waals surface area contributed by atoms with Gasteiger partial charge in [-0.3, -0.25) is 4.79 Å². The van der Waals surface area contributed by atoms with Gasteiger partial charge in [-0.2, -0.15) is 0 Å². The number of amides is 1. The molecule has 1 unspecified atom stereocenters. The maximum absolute atomic E-state index is 12.9. The summed E-state index contributed by atoms with van der Waals surface area (Å²) in [7, 11) is 1.93. The van der Waals surface area contributed by atoms with Gasteiger partial charge in [0.1, 0.15) is 11.9 Å². The van der Waals surface area contributed by atoms with E-state index in [1.165, 1.54) is 0 Å². The largest absolute Gasteiger partial charge is 0.336 e. The van der Waals surface area contributed by atoms with Crippen LogP contribution < -0.4 is 5.32 Å². The van der Waals surface area contributed by atoms with Crippen LogP contribution >= 0.6 is 35.6 Å². The van der Waals surface area contributed by atoms with Gasteiger partial charge in [-0.1, -0.05) is 23.2 Å². The predicted molar refractivity (Wildman–Crippen MR) is 93.6 cm³/mol. The van der Waals surface area contributed by atoms with E-state index in [1.54, 1.807) is 24.4 Å². The molecule has 5 nitrogen and oxygen atoms in total. The van der Waals surface area contributed by atoms with E-state index in [0.29, 0.717) is 28.7 Å². The van der Waals surface area contributed by atoms with Crippen LogP contribution in [0.5, 0.6) is 0 Å². The molecule has 0 spiro atoms. The molecular weight excluding hydrogens is 359 g/mol. The number of carbonyl (C=O) groups excluding carboxylic acids is 1. The van der Waals surface area contributed by atoms with Gasteiger partial charge in [0.05, 0.1) is 0 Å². The number of halogens is 3. The van der Waals surface area contributed by atoms with Gasteiger partial charge < -0.3 is 14.8 Å². The van der Waals surface area contributed by atoms with Crippen molar-refractivity contribution in [3.8, 4) is 0 Å². The van der Waals surface area contributed by atoms with Crippen molar-refractivity contribution in [3.05, 3.63) is 52.0 Å². The highest BCUT2D eigenvalue weighted by Crippen LogP contribution is 2.25. The molecule has 1 amide bonds. The summed E-state index contributed by atoms with van der Waals surface area (Å²) >= 11 is 12.0. The Morgan fingerprint density at radius 2 is 2.00 bits per heavy atom. The molecule has 0 saturated carbocycles. The van der Waals surface area contributed by atoms with Crippen LogP contribution in [0.2, 0.25) is 10.0 Å². The number of carbonyl (C=O) groups is 1. The normalized spacial score (nSPS) is 17.7. The highest BCUT2D eigenvalue weighted by Gasteiger charge is 2.31. The predicted octanol–water partition coefficient (Wildman–Crippen LogP) is 2.94. The van der Waals surface area contributed by atoms with Gasteiger partial charge in [0.25, 0.3) is 5.91 Å². The number of piperazine rings is 1. The van der Waals surface area contributed by atoms with Crippen molar-refractivity contribution in [1.82, 2.24) is 19.8 Å². The number of benzene rings is 1. The molecule has 1 aliphatic rings. The number of hydrogen-bond acceptors (Lipinski definition) is 3. The van der Waals surface area contributed by atoms with Crippen LogP contribution in [0.1, 0.15) is 22.2 Å². The molecule has 3 rings (SSSR count). The van der Waals surface area contributed by atoms with E-state index < -0.39 is 0 Å². The van der Waals surface area contributed by atoms with Gasteiger partial charge >= 0.3 is 0 Å². The standard InChI is InChI=1S/C15H16Cl2N4O.ClH/c1-20-4-3-19-14(20)13-9-18-2-5-21(13)15(22)10-6-11(16)8-12(17)7-10;/h3-4,6-8,13,18H,2,5,9H2,1H3;1H. The maximum Gasteiger partial charge on any atom is 0.254 e. The zero-order valence-corrected chi connectivity index (χ0v) is 14.8. The Morgan fingerprint density at radius 1 is 1.30 bits per heavy atom. The minimum absolute atomic E-state index is 0. The van der Waals surface area contributed by atoms with Crippen molar-refractivity contribution in [1.29, 1.82) is 0 Å². The quantitative estimate of drug-likeness (QED) is 0.878. The first-order valence-corrected chi connectivity index (χ1v) is 7.77. The molecule has 23 heavy (non-hydrogen) atoms. The molecule has 2 heterocycles. The number of nitrogens with zero attached hydrogens (tertiary/aromatic N) is 3. The van der Waals surface area contributed by atoms with Gasteiger partial charge in [-0.25, -0.2) is 4.98 Å². The maximum atomic E-state index is 12.9. The zero-order chi connectivity index (χ0) is 15.7. The zero-order valence-electron chi connectivity index (χ0n) is 12.5. The summed E-state index contributed by atoms with van der Waals surface area (Å²) in [4.78, 5) is 19.1. The summed E-state index contributed by atoms with van der Waals surface area (Å²) in [6, 6.07) is 4.80. The third-order valence-corrected chi connectivity index (χ3v) is 4.21. The first-order chi connectivity index (χ1) is 10.6. The van der Waals surface area contributed by atoms with Gasteiger partial charge in [-0.05, 0) is 18.2 Å². The molecule has 1 aromatic carbocycles. The lowest BCUT2D eigenvalue weighted by atomic mass is 10.1. The molecule has 124 valence electrons. The summed E-state index contributed by atoms with van der Waals surface area (Å²) in [6.07, 6.45) is 3.62. The molecule has 1 saturated heterocycles. The lowest BCUT2D eigenvalue weighted by Crippen LogP contribution is -2.49. The summed E-state index contributed by atoms with van der Waals surface area (Å²) < 4.78 is 1.93. The van der Waals surface area contributed by atoms with Crippen LogP contribution in [-0.4, -0.2) is 40.0 Å². The molecule has 1 aromatic heterocycles. The molecule has 1 aliphatic heterocycles. The van der Waals surface area contributed by atoms with E-state index in [2.05, 4.69) is 10.3 Å². The first-order valence-electron chi connectivity index (χ1n) is 7.01. The van der Waals surface area contributed by atoms with Crippen LogP contribution in [0.3, 0.4) is 0 Å². The van der Waals surface area contributed by atoms with Gasteiger partial charge in [0.2, 0.25) is 0 Å². The smallest absolute Gasteiger partial charge is 0.254 e. The number of nitrogens with one attached hydrogen (secondary N) is 1. The number of rotatable bonds is 2. The minimum Gasteiger partial charge on any atom is -0.336 e. The highest BCUT2D eigenvalue weighted by molar-refractivity contribution is 6.35. The second-order valence-electron chi connectivity index (χ2n) is 5.27. The molecule has 0 aliphatic carbocycles. The molecule has 1 N–H and O–H groups in total. The Kier molecular flexibility index (Phi) is 5.92. The van der Waals surface area contributed by atoms with E-state index in [-0.39, 0.29) is 24.4 Å². The van der Waals surface area contributed by atoms with E-state index in [4.69, 9.17) is 23.2 Å². The molecule has 8 heteroatoms. The Bertz CT molecular complexity index is 684. The van der Waals surface area contributed by atoms with Crippen LogP contribution in [0, 0.1) is 0 Å². The van der Waals surface area contributed by atoms with Crippen molar-refractivity contribution in [2.45, 2.75) is 6.04 Å². The van der Waals surface area contributed by atoms with Crippen LogP contribution in [0.15, 0.2) is 30.6 Å². The first kappa shape index (κ1) is 18.1. The van der Waals surface area contributed by atoms with E-state index in [1.807, 2.05) is 22.7 Å². The monoisotopic (exact) mass is 374 g/mol. The third-order valence-electron chi connectivity index (χ3n) is 3.77. The van der Waals surface area contributed by atoms with E-state index >= 15 is 0 Å². The fourth-order valence-corrected chi connectivity index (χ4v) is 3.25. The lowest BCUT2D eigenvalue weighted by molar-refractivity contribution is 0.0621. The topological polar surface area (TPSA) is 50.2 Å². The van der Waals surface area contributed by atoms with Crippen molar-refractivity contribution in [3.63, 3.8) is 0 Å². The van der Waals surface area contributed by atoms with Gasteiger partial charge in [0, 0.05) is 54.7 Å². The summed E-state index contributed by atoms with van der Waals surface area (Å²) in [5, 5.41) is 4.23. The van der Waals surface area contributed by atoms with Crippen LogP contribution in [0.25, 0.3) is 0 Å². The number of aryl methyl sites for hydroxylation is 1. The van der Waals surface area contributed by atoms with E-state index in [9.17, 15) is 4.79 Å². The van der Waals surface area contributed by atoms with Crippen molar-refractivity contribution >= 4 is 41.5 Å². The Hall–Kier alpha value is -1.27. The van der Waals surface area contributed by atoms with Crippen LogP contribution in [0.4, 0.5) is 0 Å². The average Bonchev–Trinajstić information content (AvgIpc) is 2.91. The summed E-state index contributed by atoms with van der Waals surface area (Å²) in [5.74, 6) is 0.771. The molecular formula is C15H17Cl3N4O. The molecule has 2 aromatic rings.